The summed E-state index contributed by atoms with van der Waals surface area (Å²) in [7, 11) is 0. The van der Waals surface area contributed by atoms with Gasteiger partial charge in [-0.15, -0.1) is 10.2 Å². The summed E-state index contributed by atoms with van der Waals surface area (Å²) in [5.74, 6) is 1.38. The number of aryl methyl sites for hydroxylation is 1. The van der Waals surface area contributed by atoms with Gasteiger partial charge in [-0.1, -0.05) is 28.9 Å². The summed E-state index contributed by atoms with van der Waals surface area (Å²) in [6.07, 6.45) is 0. The molecule has 122 valence electrons. The summed E-state index contributed by atoms with van der Waals surface area (Å²) in [6.45, 7) is 2.17. The average molecular weight is 344 g/mol. The van der Waals surface area contributed by atoms with Crippen molar-refractivity contribution in [1.29, 1.82) is 0 Å². The van der Waals surface area contributed by atoms with E-state index in [-0.39, 0.29) is 11.6 Å². The highest BCUT2D eigenvalue weighted by atomic mass is 35.5. The maximum absolute atomic E-state index is 12.1. The number of halogens is 1. The zero-order valence-electron chi connectivity index (χ0n) is 12.8. The summed E-state index contributed by atoms with van der Waals surface area (Å²) in [4.78, 5) is 12.1. The molecular formula is C16H14ClN5O2. The van der Waals surface area contributed by atoms with E-state index in [4.69, 9.17) is 16.1 Å². The quantitative estimate of drug-likeness (QED) is 0.739. The second-order valence-electron chi connectivity index (χ2n) is 5.06. The number of benzene rings is 1. The number of nitrogens with one attached hydrogen (secondary N) is 2. The Morgan fingerprint density at radius 2 is 1.92 bits per heavy atom. The van der Waals surface area contributed by atoms with E-state index in [0.29, 0.717) is 29.0 Å². The highest BCUT2D eigenvalue weighted by Crippen LogP contribution is 2.13. The summed E-state index contributed by atoms with van der Waals surface area (Å²) in [6, 6.07) is 12.2. The fourth-order valence-electron chi connectivity index (χ4n) is 1.95. The van der Waals surface area contributed by atoms with Crippen LogP contribution >= 0.6 is 11.6 Å². The van der Waals surface area contributed by atoms with Gasteiger partial charge in [0.05, 0.1) is 0 Å². The molecule has 0 saturated carbocycles. The fourth-order valence-corrected chi connectivity index (χ4v) is 2.08. The number of aromatic nitrogens is 3. The number of carbonyl (C=O) groups excluding carboxylic acids is 1. The van der Waals surface area contributed by atoms with E-state index < -0.39 is 0 Å². The largest absolute Gasteiger partial charge is 0.360 e. The normalized spacial score (nSPS) is 10.4. The Hall–Kier alpha value is -2.93. The first kappa shape index (κ1) is 15.9. The van der Waals surface area contributed by atoms with Crippen LogP contribution in [-0.2, 0) is 6.54 Å². The van der Waals surface area contributed by atoms with Crippen molar-refractivity contribution in [2.45, 2.75) is 13.5 Å². The first-order valence-electron chi connectivity index (χ1n) is 7.17. The number of carbonyl (C=O) groups is 1. The van der Waals surface area contributed by atoms with Crippen LogP contribution in [0.2, 0.25) is 5.02 Å². The molecule has 0 atom stereocenters. The molecule has 2 N–H and O–H groups in total. The smallest absolute Gasteiger partial charge is 0.272 e. The molecule has 0 unspecified atom stereocenters. The van der Waals surface area contributed by atoms with Crippen LogP contribution in [0.4, 0.5) is 11.6 Å². The minimum absolute atomic E-state index is 0.228. The Kier molecular flexibility index (Phi) is 4.72. The Morgan fingerprint density at radius 3 is 2.54 bits per heavy atom. The molecule has 0 fully saturated rings. The van der Waals surface area contributed by atoms with E-state index in [0.717, 1.165) is 5.56 Å². The van der Waals surface area contributed by atoms with Crippen molar-refractivity contribution in [2.24, 2.45) is 0 Å². The molecular weight excluding hydrogens is 330 g/mol. The van der Waals surface area contributed by atoms with Crippen molar-refractivity contribution >= 4 is 29.1 Å². The van der Waals surface area contributed by atoms with Crippen LogP contribution in [0.15, 0.2) is 47.0 Å². The molecule has 1 amide bonds. The molecule has 2 heterocycles. The van der Waals surface area contributed by atoms with Gasteiger partial charge in [0.25, 0.3) is 5.91 Å². The van der Waals surface area contributed by atoms with Crippen molar-refractivity contribution in [1.82, 2.24) is 20.7 Å². The maximum Gasteiger partial charge on any atom is 0.272 e. The number of rotatable bonds is 5. The Balaban J connectivity index is 1.58. The van der Waals surface area contributed by atoms with Gasteiger partial charge in [0, 0.05) is 17.6 Å². The van der Waals surface area contributed by atoms with Crippen LogP contribution in [0, 0.1) is 6.92 Å². The summed E-state index contributed by atoms with van der Waals surface area (Å²) in [5, 5.41) is 18.0. The lowest BCUT2D eigenvalue weighted by Crippen LogP contribution is -2.24. The van der Waals surface area contributed by atoms with Crippen molar-refractivity contribution in [3.05, 3.63) is 64.5 Å². The summed E-state index contributed by atoms with van der Waals surface area (Å²) in [5.41, 5.74) is 1.17. The first-order chi connectivity index (χ1) is 11.6. The number of anilines is 2. The molecule has 3 aromatic rings. The Morgan fingerprint density at radius 1 is 1.12 bits per heavy atom. The van der Waals surface area contributed by atoms with Crippen molar-refractivity contribution in [2.75, 3.05) is 5.32 Å². The molecule has 8 heteroatoms. The minimum Gasteiger partial charge on any atom is -0.360 e. The summed E-state index contributed by atoms with van der Waals surface area (Å²) < 4.78 is 4.95. The molecule has 0 aliphatic heterocycles. The van der Waals surface area contributed by atoms with Gasteiger partial charge in [-0.05, 0) is 36.8 Å². The molecule has 0 aliphatic rings. The molecule has 24 heavy (non-hydrogen) atoms. The van der Waals surface area contributed by atoms with Crippen LogP contribution in [-0.4, -0.2) is 21.3 Å². The molecule has 2 aromatic heterocycles. The molecule has 0 spiro atoms. The predicted molar refractivity (Wildman–Crippen MR) is 89.2 cm³/mol. The average Bonchev–Trinajstić information content (AvgIpc) is 2.99. The second-order valence-corrected chi connectivity index (χ2v) is 5.50. The van der Waals surface area contributed by atoms with E-state index in [9.17, 15) is 4.79 Å². The van der Waals surface area contributed by atoms with Gasteiger partial charge < -0.3 is 15.2 Å². The van der Waals surface area contributed by atoms with Gasteiger partial charge in [-0.3, -0.25) is 4.79 Å². The third kappa shape index (κ3) is 4.08. The summed E-state index contributed by atoms with van der Waals surface area (Å²) >= 11 is 5.82. The molecule has 0 bridgehead atoms. The second kappa shape index (κ2) is 7.10. The lowest BCUT2D eigenvalue weighted by atomic mass is 10.2. The van der Waals surface area contributed by atoms with Gasteiger partial charge in [-0.25, -0.2) is 0 Å². The Labute approximate surface area is 143 Å². The maximum atomic E-state index is 12.1. The monoisotopic (exact) mass is 343 g/mol. The zero-order chi connectivity index (χ0) is 16.9. The van der Waals surface area contributed by atoms with E-state index >= 15 is 0 Å². The predicted octanol–water partition coefficient (Wildman–Crippen LogP) is 3.10. The lowest BCUT2D eigenvalue weighted by Gasteiger charge is -2.05. The third-order valence-electron chi connectivity index (χ3n) is 3.15. The highest BCUT2D eigenvalue weighted by Gasteiger charge is 2.09. The van der Waals surface area contributed by atoms with Crippen LogP contribution in [0.1, 0.15) is 21.8 Å². The number of hydrogen-bond acceptors (Lipinski definition) is 6. The minimum atomic E-state index is -0.304. The first-order valence-corrected chi connectivity index (χ1v) is 7.55. The van der Waals surface area contributed by atoms with Crippen molar-refractivity contribution < 1.29 is 9.32 Å². The van der Waals surface area contributed by atoms with Crippen molar-refractivity contribution in [3.63, 3.8) is 0 Å². The fraction of sp³-hybridized carbons (Fsp3) is 0.125. The molecule has 1 aromatic carbocycles. The standard InChI is InChI=1S/C16H14ClN5O2/c1-10-8-15(22-24-10)19-14-7-6-13(20-21-14)16(23)18-9-11-2-4-12(17)5-3-11/h2-8H,9H2,1H3,(H,18,23)(H,19,21,22). The highest BCUT2D eigenvalue weighted by molar-refractivity contribution is 6.30. The molecule has 0 saturated heterocycles. The van der Waals surface area contributed by atoms with E-state index in [1.54, 1.807) is 37.3 Å². The zero-order valence-corrected chi connectivity index (χ0v) is 13.5. The number of hydrogen-bond donors (Lipinski definition) is 2. The van der Waals surface area contributed by atoms with Gasteiger partial charge in [-0.2, -0.15) is 0 Å². The van der Waals surface area contributed by atoms with E-state index in [1.165, 1.54) is 0 Å². The van der Waals surface area contributed by atoms with Gasteiger partial charge in [0.15, 0.2) is 17.3 Å². The van der Waals surface area contributed by atoms with Gasteiger partial charge in [0.1, 0.15) is 5.76 Å². The lowest BCUT2D eigenvalue weighted by molar-refractivity contribution is 0.0945. The van der Waals surface area contributed by atoms with Crippen molar-refractivity contribution in [3.8, 4) is 0 Å². The molecule has 0 radical (unpaired) electrons. The number of nitrogens with zero attached hydrogens (tertiary/aromatic N) is 3. The Bertz CT molecular complexity index is 830. The van der Waals surface area contributed by atoms with Crippen LogP contribution in [0.3, 0.4) is 0 Å². The van der Waals surface area contributed by atoms with Gasteiger partial charge >= 0.3 is 0 Å². The molecule has 0 aliphatic carbocycles. The topological polar surface area (TPSA) is 92.9 Å². The number of amides is 1. The van der Waals surface area contributed by atoms with Crippen LogP contribution in [0.5, 0.6) is 0 Å². The molecule has 7 nitrogen and oxygen atoms in total. The van der Waals surface area contributed by atoms with Crippen LogP contribution < -0.4 is 10.6 Å². The SMILES string of the molecule is Cc1cc(Nc2ccc(C(=O)NCc3ccc(Cl)cc3)nn2)no1. The third-order valence-corrected chi connectivity index (χ3v) is 3.40. The van der Waals surface area contributed by atoms with Crippen LogP contribution in [0.25, 0.3) is 0 Å². The van der Waals surface area contributed by atoms with E-state index in [1.807, 2.05) is 12.1 Å². The molecule has 3 rings (SSSR count). The van der Waals surface area contributed by atoms with E-state index in [2.05, 4.69) is 26.0 Å². The van der Waals surface area contributed by atoms with Gasteiger partial charge in [0.2, 0.25) is 0 Å².